The Morgan fingerprint density at radius 1 is 1.06 bits per heavy atom. The van der Waals surface area contributed by atoms with Gasteiger partial charge in [-0.1, -0.05) is 12.1 Å². The van der Waals surface area contributed by atoms with Gasteiger partial charge in [0, 0.05) is 45.0 Å². The number of hydrogen-bond acceptors (Lipinski definition) is 6. The lowest BCUT2D eigenvalue weighted by atomic mass is 10.2. The van der Waals surface area contributed by atoms with Gasteiger partial charge in [-0.15, -0.1) is 24.0 Å². The molecule has 0 spiro atoms. The number of hydrogen-bond donors (Lipinski definition) is 2. The Kier molecular flexibility index (Phi) is 11.4. The van der Waals surface area contributed by atoms with E-state index in [1.54, 1.807) is 21.3 Å². The Hall–Kier alpha value is -2.24. The van der Waals surface area contributed by atoms with Crippen LogP contribution in [0.3, 0.4) is 0 Å². The van der Waals surface area contributed by atoms with E-state index in [1.807, 2.05) is 30.3 Å². The molecule has 0 saturated carbocycles. The van der Waals surface area contributed by atoms with Gasteiger partial charge in [0.15, 0.2) is 17.5 Å². The molecule has 0 aliphatic carbocycles. The normalized spacial score (nSPS) is 14.3. The predicted octanol–water partition coefficient (Wildman–Crippen LogP) is 3.22. The quantitative estimate of drug-likeness (QED) is 0.279. The molecule has 1 aliphatic rings. The Labute approximate surface area is 207 Å². The molecule has 176 valence electrons. The molecule has 1 saturated heterocycles. The second kappa shape index (κ2) is 14.0. The fraction of sp³-hybridized carbons (Fsp3) is 0.435. The van der Waals surface area contributed by atoms with E-state index >= 15 is 0 Å². The lowest BCUT2D eigenvalue weighted by molar-refractivity contribution is 0.0322. The van der Waals surface area contributed by atoms with Crippen LogP contribution in [0.25, 0.3) is 0 Å². The van der Waals surface area contributed by atoms with Crippen LogP contribution < -0.4 is 24.8 Å². The molecule has 2 aromatic rings. The number of guanidine groups is 1. The zero-order valence-electron chi connectivity index (χ0n) is 18.9. The Morgan fingerprint density at radius 2 is 1.84 bits per heavy atom. The molecule has 1 heterocycles. The topological polar surface area (TPSA) is 76.6 Å². The zero-order chi connectivity index (χ0) is 21.9. The first-order chi connectivity index (χ1) is 15.2. The van der Waals surface area contributed by atoms with Crippen LogP contribution in [0, 0.1) is 0 Å². The van der Waals surface area contributed by atoms with Crippen LogP contribution in [0.15, 0.2) is 47.5 Å². The third-order valence-electron chi connectivity index (χ3n) is 5.01. The molecule has 0 unspecified atom stereocenters. The summed E-state index contributed by atoms with van der Waals surface area (Å²) in [5, 5.41) is 6.59. The summed E-state index contributed by atoms with van der Waals surface area (Å²) in [6.07, 6.45) is 0. The highest BCUT2D eigenvalue weighted by atomic mass is 127. The zero-order valence-corrected chi connectivity index (χ0v) is 21.3. The number of ether oxygens (including phenoxy) is 4. The highest BCUT2D eigenvalue weighted by Gasteiger charge is 2.10. The molecule has 0 atom stereocenters. The maximum absolute atomic E-state index is 5.94. The van der Waals surface area contributed by atoms with Crippen LogP contribution in [0.1, 0.15) is 5.56 Å². The van der Waals surface area contributed by atoms with Crippen LogP contribution in [0.5, 0.6) is 17.2 Å². The second-order valence-electron chi connectivity index (χ2n) is 7.07. The fourth-order valence-corrected chi connectivity index (χ4v) is 3.28. The van der Waals surface area contributed by atoms with E-state index in [2.05, 4.69) is 32.7 Å². The summed E-state index contributed by atoms with van der Waals surface area (Å²) in [6, 6.07) is 13.7. The summed E-state index contributed by atoms with van der Waals surface area (Å²) in [7, 11) is 4.97. The number of halogens is 1. The van der Waals surface area contributed by atoms with E-state index in [0.717, 1.165) is 49.8 Å². The fourth-order valence-electron chi connectivity index (χ4n) is 3.28. The molecule has 1 aliphatic heterocycles. The number of nitrogens with zero attached hydrogens (tertiary/aromatic N) is 2. The number of aliphatic imine (C=N–C) groups is 1. The van der Waals surface area contributed by atoms with Gasteiger partial charge in [-0.3, -0.25) is 9.89 Å². The molecule has 1 fully saturated rings. The lowest BCUT2D eigenvalue weighted by Gasteiger charge is -2.26. The minimum atomic E-state index is 0. The molecular formula is C23H33IN4O4. The van der Waals surface area contributed by atoms with Crippen molar-refractivity contribution in [2.45, 2.75) is 6.54 Å². The van der Waals surface area contributed by atoms with Crippen molar-refractivity contribution in [2.75, 3.05) is 66.0 Å². The second-order valence-corrected chi connectivity index (χ2v) is 7.07. The van der Waals surface area contributed by atoms with Gasteiger partial charge in [0.25, 0.3) is 0 Å². The number of benzene rings is 2. The molecular weight excluding hydrogens is 523 g/mol. The van der Waals surface area contributed by atoms with E-state index < -0.39 is 0 Å². The van der Waals surface area contributed by atoms with Crippen molar-refractivity contribution in [3.8, 4) is 17.2 Å². The highest BCUT2D eigenvalue weighted by Crippen LogP contribution is 2.29. The van der Waals surface area contributed by atoms with Gasteiger partial charge in [0.1, 0.15) is 12.4 Å². The Morgan fingerprint density at radius 3 is 2.56 bits per heavy atom. The number of nitrogens with one attached hydrogen (secondary N) is 2. The molecule has 32 heavy (non-hydrogen) atoms. The van der Waals surface area contributed by atoms with Gasteiger partial charge in [-0.05, 0) is 29.8 Å². The van der Waals surface area contributed by atoms with E-state index in [9.17, 15) is 0 Å². The molecule has 0 aromatic heterocycles. The van der Waals surface area contributed by atoms with Gasteiger partial charge in [0.05, 0.1) is 27.4 Å². The maximum Gasteiger partial charge on any atom is 0.195 e. The average molecular weight is 556 g/mol. The summed E-state index contributed by atoms with van der Waals surface area (Å²) in [5.41, 5.74) is 1.96. The minimum Gasteiger partial charge on any atom is -0.493 e. The summed E-state index contributed by atoms with van der Waals surface area (Å²) < 4.78 is 22.0. The molecule has 3 rings (SSSR count). The van der Waals surface area contributed by atoms with E-state index in [4.69, 9.17) is 18.9 Å². The van der Waals surface area contributed by atoms with Crippen LogP contribution in [-0.2, 0) is 11.3 Å². The third-order valence-corrected chi connectivity index (χ3v) is 5.01. The average Bonchev–Trinajstić information content (AvgIpc) is 2.82. The van der Waals surface area contributed by atoms with Crippen LogP contribution in [-0.4, -0.2) is 71.6 Å². The molecule has 0 radical (unpaired) electrons. The summed E-state index contributed by atoms with van der Waals surface area (Å²) in [4.78, 5) is 6.66. The van der Waals surface area contributed by atoms with Crippen molar-refractivity contribution in [2.24, 2.45) is 4.99 Å². The maximum atomic E-state index is 5.94. The van der Waals surface area contributed by atoms with Gasteiger partial charge in [0.2, 0.25) is 0 Å². The van der Waals surface area contributed by atoms with Gasteiger partial charge < -0.3 is 29.6 Å². The van der Waals surface area contributed by atoms with Gasteiger partial charge >= 0.3 is 0 Å². The first kappa shape index (κ1) is 26.0. The Balaban J connectivity index is 0.00000363. The summed E-state index contributed by atoms with van der Waals surface area (Å²) in [6.45, 7) is 5.75. The van der Waals surface area contributed by atoms with Gasteiger partial charge in [-0.25, -0.2) is 0 Å². The van der Waals surface area contributed by atoms with Crippen molar-refractivity contribution in [3.63, 3.8) is 0 Å². The smallest absolute Gasteiger partial charge is 0.195 e. The third kappa shape index (κ3) is 8.03. The van der Waals surface area contributed by atoms with Crippen molar-refractivity contribution in [1.82, 2.24) is 10.2 Å². The van der Waals surface area contributed by atoms with Crippen molar-refractivity contribution < 1.29 is 18.9 Å². The molecule has 2 N–H and O–H groups in total. The first-order valence-corrected chi connectivity index (χ1v) is 10.4. The number of methoxy groups -OCH3 is 2. The molecule has 0 amide bonds. The summed E-state index contributed by atoms with van der Waals surface area (Å²) >= 11 is 0. The van der Waals surface area contributed by atoms with Crippen LogP contribution >= 0.6 is 24.0 Å². The molecule has 9 heteroatoms. The lowest BCUT2D eigenvalue weighted by Crippen LogP contribution is -2.38. The summed E-state index contributed by atoms with van der Waals surface area (Å²) in [5.74, 6) is 2.87. The Bertz CT molecular complexity index is 860. The van der Waals surface area contributed by atoms with Crippen LogP contribution in [0.2, 0.25) is 0 Å². The highest BCUT2D eigenvalue weighted by molar-refractivity contribution is 14.0. The molecule has 8 nitrogen and oxygen atoms in total. The molecule has 0 bridgehead atoms. The predicted molar refractivity (Wildman–Crippen MR) is 138 cm³/mol. The number of rotatable bonds is 9. The van der Waals surface area contributed by atoms with E-state index in [-0.39, 0.29) is 24.0 Å². The monoisotopic (exact) mass is 556 g/mol. The standard InChI is InChI=1S/C23H32N4O4.HI/c1-24-23(26-19-7-8-21(28-2)22(16-19)29-3)25-17-18-5-4-6-20(15-18)31-14-11-27-9-12-30-13-10-27;/h4-8,15-16H,9-14,17H2,1-3H3,(H2,24,25,26);1H. The SMILES string of the molecule is CN=C(NCc1cccc(OCCN2CCOCC2)c1)Nc1ccc(OC)c(OC)c1.I. The first-order valence-electron chi connectivity index (χ1n) is 10.4. The van der Waals surface area contributed by atoms with Crippen molar-refractivity contribution >= 4 is 35.6 Å². The number of anilines is 1. The van der Waals surface area contributed by atoms with Gasteiger partial charge in [-0.2, -0.15) is 0 Å². The minimum absolute atomic E-state index is 0. The number of morpholine rings is 1. The largest absolute Gasteiger partial charge is 0.493 e. The van der Waals surface area contributed by atoms with Crippen molar-refractivity contribution in [3.05, 3.63) is 48.0 Å². The van der Waals surface area contributed by atoms with Crippen molar-refractivity contribution in [1.29, 1.82) is 0 Å². The molecule has 2 aromatic carbocycles. The van der Waals surface area contributed by atoms with E-state index in [1.165, 1.54) is 0 Å². The van der Waals surface area contributed by atoms with Crippen LogP contribution in [0.4, 0.5) is 5.69 Å². The van der Waals surface area contributed by atoms with E-state index in [0.29, 0.717) is 30.6 Å².